The molecule has 0 unspecified atom stereocenters. The number of hydrogen-bond donors (Lipinski definition) is 2. The Morgan fingerprint density at radius 3 is 2.37 bits per heavy atom. The average molecular weight is 267 g/mol. The summed E-state index contributed by atoms with van der Waals surface area (Å²) in [4.78, 5) is 11.9. The smallest absolute Gasteiger partial charge is 0.220 e. The van der Waals surface area contributed by atoms with E-state index in [1.165, 1.54) is 38.5 Å². The molecule has 2 aliphatic rings. The highest BCUT2D eigenvalue weighted by Gasteiger charge is 2.20. The highest BCUT2D eigenvalue weighted by atomic mass is 16.3. The molecule has 3 nitrogen and oxygen atoms in total. The summed E-state index contributed by atoms with van der Waals surface area (Å²) in [5.74, 6) is 1.10. The summed E-state index contributed by atoms with van der Waals surface area (Å²) < 4.78 is 0. The van der Waals surface area contributed by atoms with Crippen molar-refractivity contribution < 1.29 is 9.90 Å². The molecule has 3 heteroatoms. The van der Waals surface area contributed by atoms with Crippen LogP contribution in [0.5, 0.6) is 0 Å². The van der Waals surface area contributed by atoms with Gasteiger partial charge < -0.3 is 10.4 Å². The average Bonchev–Trinajstić information content (AvgIpc) is 2.43. The molecule has 0 aromatic carbocycles. The van der Waals surface area contributed by atoms with E-state index in [9.17, 15) is 9.90 Å². The molecule has 0 aliphatic heterocycles. The highest BCUT2D eigenvalue weighted by Crippen LogP contribution is 2.27. The number of carbonyl (C=O) groups is 1. The van der Waals surface area contributed by atoms with Crippen molar-refractivity contribution in [3.63, 3.8) is 0 Å². The summed E-state index contributed by atoms with van der Waals surface area (Å²) in [6.07, 6.45) is 13.3. The third-order valence-electron chi connectivity index (χ3n) is 4.80. The number of aliphatic hydroxyl groups is 1. The first-order valence-corrected chi connectivity index (χ1v) is 8.21. The molecule has 0 aromatic rings. The molecular weight excluding hydrogens is 238 g/mol. The van der Waals surface area contributed by atoms with Crippen LogP contribution in [0.4, 0.5) is 0 Å². The van der Waals surface area contributed by atoms with E-state index in [0.717, 1.165) is 38.0 Å². The lowest BCUT2D eigenvalue weighted by molar-refractivity contribution is -0.122. The Kier molecular flexibility index (Phi) is 6.15. The van der Waals surface area contributed by atoms with Crippen LogP contribution in [0.1, 0.15) is 77.0 Å². The van der Waals surface area contributed by atoms with E-state index < -0.39 is 0 Å². The first kappa shape index (κ1) is 14.8. The van der Waals surface area contributed by atoms with E-state index in [0.29, 0.717) is 12.5 Å². The Balaban J connectivity index is 1.54. The molecule has 0 spiro atoms. The molecule has 2 saturated carbocycles. The van der Waals surface area contributed by atoms with Crippen LogP contribution in [-0.4, -0.2) is 23.2 Å². The highest BCUT2D eigenvalue weighted by molar-refractivity contribution is 5.76. The number of amides is 1. The van der Waals surface area contributed by atoms with Gasteiger partial charge in [-0.1, -0.05) is 32.1 Å². The molecule has 0 atom stereocenters. The van der Waals surface area contributed by atoms with Gasteiger partial charge in [0.05, 0.1) is 6.10 Å². The van der Waals surface area contributed by atoms with Gasteiger partial charge in [0.25, 0.3) is 0 Å². The fraction of sp³-hybridized carbons (Fsp3) is 0.938. The first-order chi connectivity index (χ1) is 9.24. The largest absolute Gasteiger partial charge is 0.393 e. The van der Waals surface area contributed by atoms with Crippen LogP contribution in [0.3, 0.4) is 0 Å². The van der Waals surface area contributed by atoms with E-state index >= 15 is 0 Å². The summed E-state index contributed by atoms with van der Waals surface area (Å²) in [6, 6.07) is 0.311. The van der Waals surface area contributed by atoms with E-state index in [2.05, 4.69) is 5.32 Å². The minimum absolute atomic E-state index is 0.139. The third-order valence-corrected chi connectivity index (χ3v) is 4.80. The lowest BCUT2D eigenvalue weighted by Gasteiger charge is -2.26. The second-order valence-corrected chi connectivity index (χ2v) is 6.47. The maximum Gasteiger partial charge on any atom is 0.220 e. The SMILES string of the molecule is O=C(CCCC1CCCCC1)NC1CCC(O)CC1. The molecule has 0 aromatic heterocycles. The van der Waals surface area contributed by atoms with E-state index in [4.69, 9.17) is 0 Å². The number of nitrogens with one attached hydrogen (secondary N) is 1. The molecule has 2 fully saturated rings. The molecule has 2 rings (SSSR count). The Bertz CT molecular complexity index is 266. The molecule has 2 aliphatic carbocycles. The summed E-state index contributed by atoms with van der Waals surface area (Å²) >= 11 is 0. The number of aliphatic hydroxyl groups excluding tert-OH is 1. The summed E-state index contributed by atoms with van der Waals surface area (Å²) in [5, 5.41) is 12.6. The van der Waals surface area contributed by atoms with Crippen molar-refractivity contribution in [1.82, 2.24) is 5.32 Å². The fourth-order valence-corrected chi connectivity index (χ4v) is 3.55. The Morgan fingerprint density at radius 2 is 1.68 bits per heavy atom. The maximum atomic E-state index is 11.9. The topological polar surface area (TPSA) is 49.3 Å². The minimum Gasteiger partial charge on any atom is -0.393 e. The minimum atomic E-state index is -0.139. The van der Waals surface area contributed by atoms with Gasteiger partial charge in [0.1, 0.15) is 0 Å². The van der Waals surface area contributed by atoms with E-state index in [1.807, 2.05) is 0 Å². The Hall–Kier alpha value is -0.570. The van der Waals surface area contributed by atoms with Gasteiger partial charge >= 0.3 is 0 Å². The van der Waals surface area contributed by atoms with Crippen molar-refractivity contribution in [2.45, 2.75) is 89.2 Å². The first-order valence-electron chi connectivity index (χ1n) is 8.21. The second-order valence-electron chi connectivity index (χ2n) is 6.47. The Morgan fingerprint density at radius 1 is 1.00 bits per heavy atom. The van der Waals surface area contributed by atoms with Crippen LogP contribution in [0, 0.1) is 5.92 Å². The molecule has 0 bridgehead atoms. The zero-order valence-electron chi connectivity index (χ0n) is 12.1. The van der Waals surface area contributed by atoms with Gasteiger partial charge in [-0.3, -0.25) is 4.79 Å². The summed E-state index contributed by atoms with van der Waals surface area (Å²) in [6.45, 7) is 0. The summed E-state index contributed by atoms with van der Waals surface area (Å²) in [7, 11) is 0. The van der Waals surface area contributed by atoms with Crippen LogP contribution < -0.4 is 5.32 Å². The molecule has 0 radical (unpaired) electrons. The van der Waals surface area contributed by atoms with Crippen molar-refractivity contribution >= 4 is 5.91 Å². The second kappa shape index (κ2) is 7.88. The number of hydrogen-bond acceptors (Lipinski definition) is 2. The zero-order valence-corrected chi connectivity index (χ0v) is 12.1. The van der Waals surface area contributed by atoms with Gasteiger partial charge in [-0.15, -0.1) is 0 Å². The van der Waals surface area contributed by atoms with Gasteiger partial charge in [0.2, 0.25) is 5.91 Å². The summed E-state index contributed by atoms with van der Waals surface area (Å²) in [5.41, 5.74) is 0. The molecule has 1 amide bonds. The van der Waals surface area contributed by atoms with Crippen LogP contribution >= 0.6 is 0 Å². The van der Waals surface area contributed by atoms with Gasteiger partial charge in [-0.25, -0.2) is 0 Å². The van der Waals surface area contributed by atoms with Crippen LogP contribution in [0.2, 0.25) is 0 Å². The quantitative estimate of drug-likeness (QED) is 0.804. The monoisotopic (exact) mass is 267 g/mol. The van der Waals surface area contributed by atoms with Crippen molar-refractivity contribution in [3.8, 4) is 0 Å². The van der Waals surface area contributed by atoms with Crippen molar-refractivity contribution in [1.29, 1.82) is 0 Å². The van der Waals surface area contributed by atoms with Crippen molar-refractivity contribution in [2.24, 2.45) is 5.92 Å². The zero-order chi connectivity index (χ0) is 13.5. The number of rotatable bonds is 5. The standard InChI is InChI=1S/C16H29NO2/c18-15-11-9-14(10-12-15)17-16(19)8-4-7-13-5-2-1-3-6-13/h13-15,18H,1-12H2,(H,17,19). The molecule has 19 heavy (non-hydrogen) atoms. The van der Waals surface area contributed by atoms with Gasteiger partial charge in [0, 0.05) is 12.5 Å². The molecule has 0 saturated heterocycles. The molecular formula is C16H29NO2. The van der Waals surface area contributed by atoms with Crippen LogP contribution in [0.25, 0.3) is 0 Å². The third kappa shape index (κ3) is 5.52. The van der Waals surface area contributed by atoms with E-state index in [1.54, 1.807) is 0 Å². The molecule has 110 valence electrons. The normalized spacial score (nSPS) is 29.1. The van der Waals surface area contributed by atoms with Gasteiger partial charge in [-0.05, 0) is 44.4 Å². The van der Waals surface area contributed by atoms with E-state index in [-0.39, 0.29) is 12.0 Å². The van der Waals surface area contributed by atoms with Crippen molar-refractivity contribution in [2.75, 3.05) is 0 Å². The Labute approximate surface area is 117 Å². The lowest BCUT2D eigenvalue weighted by Crippen LogP contribution is -2.38. The predicted octanol–water partition coefficient (Wildman–Crippen LogP) is 3.16. The predicted molar refractivity (Wildman–Crippen MR) is 76.8 cm³/mol. The molecule has 0 heterocycles. The van der Waals surface area contributed by atoms with Crippen LogP contribution in [-0.2, 0) is 4.79 Å². The van der Waals surface area contributed by atoms with Crippen molar-refractivity contribution in [3.05, 3.63) is 0 Å². The maximum absolute atomic E-state index is 11.9. The lowest BCUT2D eigenvalue weighted by atomic mass is 9.86. The van der Waals surface area contributed by atoms with Gasteiger partial charge in [0.15, 0.2) is 0 Å². The van der Waals surface area contributed by atoms with Gasteiger partial charge in [-0.2, -0.15) is 0 Å². The molecule has 2 N–H and O–H groups in total. The van der Waals surface area contributed by atoms with Crippen LogP contribution in [0.15, 0.2) is 0 Å². The number of carbonyl (C=O) groups excluding carboxylic acids is 1. The fourth-order valence-electron chi connectivity index (χ4n) is 3.55.